The van der Waals surface area contributed by atoms with Crippen molar-refractivity contribution in [2.24, 2.45) is 0 Å². The summed E-state index contributed by atoms with van der Waals surface area (Å²) in [4.78, 5) is 24.8. The van der Waals surface area contributed by atoms with Crippen LogP contribution in [0.3, 0.4) is 0 Å². The number of urea groups is 1. The van der Waals surface area contributed by atoms with Gasteiger partial charge in [-0.1, -0.05) is 5.92 Å². The molecule has 0 spiro atoms. The van der Waals surface area contributed by atoms with Crippen LogP contribution in [0.25, 0.3) is 0 Å². The summed E-state index contributed by atoms with van der Waals surface area (Å²) in [6.07, 6.45) is 5.04. The summed E-state index contributed by atoms with van der Waals surface area (Å²) in [7, 11) is 0. The summed E-state index contributed by atoms with van der Waals surface area (Å²) in [5, 5.41) is 0. The van der Waals surface area contributed by atoms with Crippen molar-refractivity contribution >= 4 is 11.9 Å². The van der Waals surface area contributed by atoms with Crippen LogP contribution in [0.5, 0.6) is 0 Å². The molecule has 1 aliphatic heterocycles. The highest BCUT2D eigenvalue weighted by atomic mass is 16.2. The van der Waals surface area contributed by atoms with Crippen LogP contribution >= 0.6 is 0 Å². The monoisotopic (exact) mass is 166 g/mol. The van der Waals surface area contributed by atoms with E-state index in [1.54, 1.807) is 0 Å². The molecule has 0 bridgehead atoms. The molecular weight excluding hydrogens is 156 g/mol. The van der Waals surface area contributed by atoms with Crippen LogP contribution in [0.15, 0.2) is 0 Å². The fraction of sp³-hybridized carbons (Fsp3) is 0.500. The summed E-state index contributed by atoms with van der Waals surface area (Å²) < 4.78 is 0. The van der Waals surface area contributed by atoms with Crippen LogP contribution in [0.2, 0.25) is 0 Å². The molecule has 0 radical (unpaired) electrons. The highest BCUT2D eigenvalue weighted by Crippen LogP contribution is 2.07. The third kappa shape index (κ3) is 1.40. The lowest BCUT2D eigenvalue weighted by molar-refractivity contribution is -0.125. The van der Waals surface area contributed by atoms with Crippen molar-refractivity contribution < 1.29 is 9.59 Å². The molecule has 0 unspecified atom stereocenters. The van der Waals surface area contributed by atoms with E-state index in [2.05, 4.69) is 5.92 Å². The van der Waals surface area contributed by atoms with Crippen LogP contribution in [-0.4, -0.2) is 41.4 Å². The molecular formula is C8H10N2O2. The van der Waals surface area contributed by atoms with E-state index in [0.29, 0.717) is 13.1 Å². The standard InChI is InChI=1S/C8H10N2O2/c1-3-4-9-5-6-10(7(2)11)8(9)12/h1H,4-6H2,2H3. The molecule has 0 aromatic rings. The topological polar surface area (TPSA) is 40.6 Å². The predicted octanol–water partition coefficient (Wildman–Crippen LogP) is -0.0963. The van der Waals surface area contributed by atoms with Gasteiger partial charge in [-0.3, -0.25) is 9.69 Å². The first-order valence-corrected chi connectivity index (χ1v) is 3.67. The van der Waals surface area contributed by atoms with E-state index in [9.17, 15) is 9.59 Å². The van der Waals surface area contributed by atoms with Gasteiger partial charge < -0.3 is 4.90 Å². The van der Waals surface area contributed by atoms with E-state index in [0.717, 1.165) is 0 Å². The number of carbonyl (C=O) groups excluding carboxylic acids is 2. The van der Waals surface area contributed by atoms with Gasteiger partial charge in [0.2, 0.25) is 5.91 Å². The number of amides is 3. The van der Waals surface area contributed by atoms with Crippen molar-refractivity contribution in [1.29, 1.82) is 0 Å². The molecule has 1 aliphatic rings. The van der Waals surface area contributed by atoms with Gasteiger partial charge >= 0.3 is 6.03 Å². The van der Waals surface area contributed by atoms with Gasteiger partial charge in [-0.25, -0.2) is 4.79 Å². The maximum atomic E-state index is 11.3. The molecule has 64 valence electrons. The molecule has 0 N–H and O–H groups in total. The second kappa shape index (κ2) is 3.26. The molecule has 4 heteroatoms. The van der Waals surface area contributed by atoms with Crippen LogP contribution < -0.4 is 0 Å². The molecule has 0 saturated carbocycles. The zero-order chi connectivity index (χ0) is 9.14. The van der Waals surface area contributed by atoms with Gasteiger partial charge in [0.05, 0.1) is 6.54 Å². The Balaban J connectivity index is 2.62. The highest BCUT2D eigenvalue weighted by Gasteiger charge is 2.29. The average Bonchev–Trinajstić information content (AvgIpc) is 2.34. The Bertz CT molecular complexity index is 254. The quantitative estimate of drug-likeness (QED) is 0.510. The molecule has 1 heterocycles. The Morgan fingerprint density at radius 2 is 2.33 bits per heavy atom. The number of carbonyl (C=O) groups is 2. The number of nitrogens with zero attached hydrogens (tertiary/aromatic N) is 2. The number of rotatable bonds is 1. The van der Waals surface area contributed by atoms with Crippen molar-refractivity contribution in [3.05, 3.63) is 0 Å². The van der Waals surface area contributed by atoms with Crippen molar-refractivity contribution in [3.63, 3.8) is 0 Å². The second-order valence-electron chi connectivity index (χ2n) is 2.58. The Morgan fingerprint density at radius 1 is 1.67 bits per heavy atom. The van der Waals surface area contributed by atoms with E-state index in [4.69, 9.17) is 6.42 Å². The maximum absolute atomic E-state index is 11.3. The summed E-state index contributed by atoms with van der Waals surface area (Å²) in [6.45, 7) is 2.65. The second-order valence-corrected chi connectivity index (χ2v) is 2.58. The summed E-state index contributed by atoms with van der Waals surface area (Å²) in [6, 6.07) is -0.277. The molecule has 0 aromatic carbocycles. The summed E-state index contributed by atoms with van der Waals surface area (Å²) >= 11 is 0. The van der Waals surface area contributed by atoms with Crippen molar-refractivity contribution in [2.75, 3.05) is 19.6 Å². The average molecular weight is 166 g/mol. The van der Waals surface area contributed by atoms with Crippen LogP contribution in [0, 0.1) is 12.3 Å². The number of terminal acetylenes is 1. The Morgan fingerprint density at radius 3 is 2.75 bits per heavy atom. The van der Waals surface area contributed by atoms with Crippen LogP contribution in [-0.2, 0) is 4.79 Å². The third-order valence-corrected chi connectivity index (χ3v) is 1.76. The van der Waals surface area contributed by atoms with Gasteiger partial charge in [-0.15, -0.1) is 6.42 Å². The lowest BCUT2D eigenvalue weighted by Gasteiger charge is -2.12. The lowest BCUT2D eigenvalue weighted by atomic mass is 10.5. The molecule has 0 aromatic heterocycles. The summed E-state index contributed by atoms with van der Waals surface area (Å²) in [5.41, 5.74) is 0. The molecule has 4 nitrogen and oxygen atoms in total. The zero-order valence-corrected chi connectivity index (χ0v) is 6.91. The Labute approximate surface area is 71.1 Å². The van der Waals surface area contributed by atoms with Gasteiger partial charge in [0.1, 0.15) is 0 Å². The van der Waals surface area contributed by atoms with E-state index in [1.165, 1.54) is 16.7 Å². The zero-order valence-electron chi connectivity index (χ0n) is 6.91. The first-order valence-electron chi connectivity index (χ1n) is 3.67. The molecule has 12 heavy (non-hydrogen) atoms. The molecule has 3 amide bonds. The summed E-state index contributed by atoms with van der Waals surface area (Å²) in [5.74, 6) is 2.14. The normalized spacial score (nSPS) is 16.5. The van der Waals surface area contributed by atoms with Crippen LogP contribution in [0.1, 0.15) is 6.92 Å². The van der Waals surface area contributed by atoms with Gasteiger partial charge in [-0.2, -0.15) is 0 Å². The Kier molecular flexibility index (Phi) is 2.34. The van der Waals surface area contributed by atoms with Gasteiger partial charge in [0.15, 0.2) is 0 Å². The van der Waals surface area contributed by atoms with Crippen molar-refractivity contribution in [2.45, 2.75) is 6.92 Å². The minimum absolute atomic E-state index is 0.223. The molecule has 0 atom stereocenters. The smallest absolute Gasteiger partial charge is 0.311 e. The van der Waals surface area contributed by atoms with E-state index in [-0.39, 0.29) is 18.5 Å². The van der Waals surface area contributed by atoms with E-state index < -0.39 is 0 Å². The largest absolute Gasteiger partial charge is 0.327 e. The van der Waals surface area contributed by atoms with E-state index >= 15 is 0 Å². The minimum atomic E-state index is -0.277. The first-order chi connectivity index (χ1) is 5.66. The highest BCUT2D eigenvalue weighted by molar-refractivity contribution is 5.94. The van der Waals surface area contributed by atoms with Crippen molar-refractivity contribution in [1.82, 2.24) is 9.80 Å². The molecule has 1 fully saturated rings. The Hall–Kier alpha value is -1.50. The fourth-order valence-corrected chi connectivity index (χ4v) is 1.13. The van der Waals surface area contributed by atoms with Gasteiger partial charge in [0.25, 0.3) is 0 Å². The van der Waals surface area contributed by atoms with Crippen LogP contribution in [0.4, 0.5) is 4.79 Å². The number of hydrogen-bond acceptors (Lipinski definition) is 2. The third-order valence-electron chi connectivity index (χ3n) is 1.76. The maximum Gasteiger partial charge on any atom is 0.327 e. The lowest BCUT2D eigenvalue weighted by Crippen LogP contribution is -2.34. The predicted molar refractivity (Wildman–Crippen MR) is 43.2 cm³/mol. The van der Waals surface area contributed by atoms with E-state index in [1.807, 2.05) is 0 Å². The van der Waals surface area contributed by atoms with Crippen molar-refractivity contribution in [3.8, 4) is 12.3 Å². The minimum Gasteiger partial charge on any atom is -0.311 e. The fourth-order valence-electron chi connectivity index (χ4n) is 1.13. The first kappa shape index (κ1) is 8.60. The van der Waals surface area contributed by atoms with Gasteiger partial charge in [0, 0.05) is 20.0 Å². The molecule has 0 aliphatic carbocycles. The molecule has 1 rings (SSSR count). The SMILES string of the molecule is C#CCN1CCN(C(C)=O)C1=O. The number of imide groups is 1. The molecule has 1 saturated heterocycles. The van der Waals surface area contributed by atoms with Gasteiger partial charge in [-0.05, 0) is 0 Å². The number of hydrogen-bond donors (Lipinski definition) is 0.